The minimum Gasteiger partial charge on any atom is -0.497 e. The lowest BCUT2D eigenvalue weighted by atomic mass is 9.96. The van der Waals surface area contributed by atoms with Gasteiger partial charge in [0.25, 0.3) is 5.91 Å². The Bertz CT molecular complexity index is 1230. The summed E-state index contributed by atoms with van der Waals surface area (Å²) in [4.78, 5) is 42.5. The summed E-state index contributed by atoms with van der Waals surface area (Å²) in [5, 5.41) is 18.7. The van der Waals surface area contributed by atoms with Crippen molar-refractivity contribution in [3.63, 3.8) is 0 Å². The number of methoxy groups -OCH3 is 1. The van der Waals surface area contributed by atoms with Crippen LogP contribution in [0.4, 0.5) is 21.0 Å². The maximum absolute atomic E-state index is 13.7. The molecule has 11 heteroatoms. The molecule has 1 aliphatic heterocycles. The van der Waals surface area contributed by atoms with Crippen LogP contribution >= 0.6 is 0 Å². The third-order valence-electron chi connectivity index (χ3n) is 8.00. The Morgan fingerprint density at radius 1 is 1.10 bits per heavy atom. The normalized spacial score (nSPS) is 19.8. The second-order valence-corrected chi connectivity index (χ2v) is 11.3. The number of likely N-dealkylation sites (N-methyl/N-ethyl adjacent to an activating group) is 1. The molecule has 1 fully saturated rings. The fourth-order valence-corrected chi connectivity index (χ4v) is 5.36. The number of nitrogens with one attached hydrogen (secondary N) is 3. The number of urea groups is 2. The molecule has 0 spiro atoms. The Balaban J connectivity index is 1.51. The van der Waals surface area contributed by atoms with E-state index in [1.807, 2.05) is 6.92 Å². The summed E-state index contributed by atoms with van der Waals surface area (Å²) in [6.07, 6.45) is 4.87. The van der Waals surface area contributed by atoms with Gasteiger partial charge in [-0.2, -0.15) is 0 Å². The first-order chi connectivity index (χ1) is 20.2. The minimum absolute atomic E-state index is 0.148. The molecule has 0 radical (unpaired) electrons. The number of aliphatic hydroxyl groups excluding tert-OH is 1. The van der Waals surface area contributed by atoms with Crippen LogP contribution in [-0.4, -0.2) is 84.9 Å². The first-order valence-corrected chi connectivity index (χ1v) is 14.6. The van der Waals surface area contributed by atoms with Crippen molar-refractivity contribution in [2.75, 3.05) is 44.5 Å². The van der Waals surface area contributed by atoms with Gasteiger partial charge in [0, 0.05) is 36.9 Å². The van der Waals surface area contributed by atoms with E-state index in [1.54, 1.807) is 73.3 Å². The number of hydrogen-bond acceptors (Lipinski definition) is 6. The van der Waals surface area contributed by atoms with Crippen molar-refractivity contribution in [2.24, 2.45) is 5.92 Å². The zero-order valence-electron chi connectivity index (χ0n) is 24.9. The SMILES string of the molecule is COc1ccc(NC(=O)N(C)C[C@@H]2Oc3ccc(NC(=O)NC4CCCCC4)cc3C(=O)N([C@@H](C)CO)C[C@H]2C)cc1. The molecule has 4 N–H and O–H groups in total. The molecular formula is C31H43N5O6. The molecule has 1 heterocycles. The average molecular weight is 582 g/mol. The Morgan fingerprint density at radius 3 is 2.45 bits per heavy atom. The van der Waals surface area contributed by atoms with Crippen molar-refractivity contribution >= 4 is 29.3 Å². The molecule has 3 atom stereocenters. The van der Waals surface area contributed by atoms with E-state index in [0.29, 0.717) is 29.4 Å². The van der Waals surface area contributed by atoms with Gasteiger partial charge in [0.1, 0.15) is 17.6 Å². The van der Waals surface area contributed by atoms with Crippen LogP contribution in [-0.2, 0) is 0 Å². The number of nitrogens with zero attached hydrogens (tertiary/aromatic N) is 2. The predicted molar refractivity (Wildman–Crippen MR) is 161 cm³/mol. The Morgan fingerprint density at radius 2 is 1.79 bits per heavy atom. The summed E-state index contributed by atoms with van der Waals surface area (Å²) >= 11 is 0. The monoisotopic (exact) mass is 581 g/mol. The molecule has 0 saturated heterocycles. The summed E-state index contributed by atoms with van der Waals surface area (Å²) in [6, 6.07) is 11.1. The van der Waals surface area contributed by atoms with Gasteiger partial charge in [-0.1, -0.05) is 26.2 Å². The number of hydrogen-bond donors (Lipinski definition) is 4. The molecule has 1 saturated carbocycles. The van der Waals surface area contributed by atoms with Gasteiger partial charge in [0.05, 0.1) is 31.9 Å². The van der Waals surface area contributed by atoms with Gasteiger partial charge in [-0.15, -0.1) is 0 Å². The molecule has 2 aromatic rings. The molecule has 0 bridgehead atoms. The molecule has 42 heavy (non-hydrogen) atoms. The van der Waals surface area contributed by atoms with E-state index in [4.69, 9.17) is 9.47 Å². The molecule has 5 amide bonds. The second-order valence-electron chi connectivity index (χ2n) is 11.3. The smallest absolute Gasteiger partial charge is 0.321 e. The van der Waals surface area contributed by atoms with Crippen LogP contribution in [0.5, 0.6) is 11.5 Å². The van der Waals surface area contributed by atoms with Crippen molar-refractivity contribution in [3.05, 3.63) is 48.0 Å². The summed E-state index contributed by atoms with van der Waals surface area (Å²) in [6.45, 7) is 4.11. The van der Waals surface area contributed by atoms with Crippen molar-refractivity contribution in [2.45, 2.75) is 64.1 Å². The number of anilines is 2. The van der Waals surface area contributed by atoms with Crippen LogP contribution in [0.2, 0.25) is 0 Å². The highest BCUT2D eigenvalue weighted by molar-refractivity contribution is 5.99. The molecule has 0 aromatic heterocycles. The summed E-state index contributed by atoms with van der Waals surface area (Å²) in [7, 11) is 3.27. The van der Waals surface area contributed by atoms with Crippen LogP contribution in [0.1, 0.15) is 56.3 Å². The van der Waals surface area contributed by atoms with Crippen LogP contribution in [0.15, 0.2) is 42.5 Å². The molecule has 4 rings (SSSR count). The standard InChI is InChI=1S/C31H43N5O6/c1-20-17-36(21(2)19-37)29(38)26-16-24(33-30(39)32-22-8-6-5-7-9-22)12-15-27(26)42-28(20)18-35(3)31(40)34-23-10-13-25(41-4)14-11-23/h10-16,20-22,28,37H,5-9,17-19H2,1-4H3,(H,34,40)(H2,32,33,39)/t20-,21+,28+/m1/s1. The van der Waals surface area contributed by atoms with Crippen LogP contribution in [0, 0.1) is 5.92 Å². The lowest BCUT2D eigenvalue weighted by molar-refractivity contribution is 0.0371. The van der Waals surface area contributed by atoms with Gasteiger partial charge in [0.2, 0.25) is 0 Å². The lowest BCUT2D eigenvalue weighted by Crippen LogP contribution is -2.50. The third-order valence-corrected chi connectivity index (χ3v) is 8.00. The van der Waals surface area contributed by atoms with E-state index in [9.17, 15) is 19.5 Å². The van der Waals surface area contributed by atoms with E-state index < -0.39 is 12.1 Å². The van der Waals surface area contributed by atoms with Crippen molar-refractivity contribution in [1.82, 2.24) is 15.1 Å². The molecule has 2 aromatic carbocycles. The lowest BCUT2D eigenvalue weighted by Gasteiger charge is -2.38. The van der Waals surface area contributed by atoms with Crippen molar-refractivity contribution in [3.8, 4) is 11.5 Å². The average Bonchev–Trinajstić information content (AvgIpc) is 2.99. The number of benzene rings is 2. The number of carbonyl (C=O) groups is 3. The van der Waals surface area contributed by atoms with E-state index in [0.717, 1.165) is 25.7 Å². The van der Waals surface area contributed by atoms with E-state index in [1.165, 1.54) is 6.42 Å². The molecule has 1 aliphatic carbocycles. The van der Waals surface area contributed by atoms with Crippen LogP contribution < -0.4 is 25.4 Å². The highest BCUT2D eigenvalue weighted by Gasteiger charge is 2.34. The van der Waals surface area contributed by atoms with Crippen molar-refractivity contribution in [1.29, 1.82) is 0 Å². The first kappa shape index (κ1) is 31.0. The number of rotatable bonds is 8. The fourth-order valence-electron chi connectivity index (χ4n) is 5.36. The van der Waals surface area contributed by atoms with Gasteiger partial charge >= 0.3 is 12.1 Å². The first-order valence-electron chi connectivity index (χ1n) is 14.6. The largest absolute Gasteiger partial charge is 0.497 e. The van der Waals surface area contributed by atoms with E-state index in [2.05, 4.69) is 16.0 Å². The Hall–Kier alpha value is -3.99. The highest BCUT2D eigenvalue weighted by atomic mass is 16.5. The van der Waals surface area contributed by atoms with Gasteiger partial charge in [-0.25, -0.2) is 9.59 Å². The van der Waals surface area contributed by atoms with E-state index in [-0.39, 0.29) is 48.6 Å². The maximum Gasteiger partial charge on any atom is 0.321 e. The summed E-state index contributed by atoms with van der Waals surface area (Å²) < 4.78 is 11.6. The molecule has 0 unspecified atom stereocenters. The molecule has 2 aliphatic rings. The van der Waals surface area contributed by atoms with Crippen molar-refractivity contribution < 1.29 is 29.0 Å². The zero-order valence-corrected chi connectivity index (χ0v) is 24.9. The quantitative estimate of drug-likeness (QED) is 0.362. The summed E-state index contributed by atoms with van der Waals surface area (Å²) in [5.74, 6) is 0.593. The number of fused-ring (bicyclic) bond motifs is 1. The molecular weight excluding hydrogens is 538 g/mol. The van der Waals surface area contributed by atoms with Gasteiger partial charge < -0.3 is 40.3 Å². The van der Waals surface area contributed by atoms with Gasteiger partial charge in [-0.05, 0) is 62.2 Å². The number of ether oxygens (including phenoxy) is 2. The topological polar surface area (TPSA) is 132 Å². The zero-order chi connectivity index (χ0) is 30.2. The molecule has 11 nitrogen and oxygen atoms in total. The summed E-state index contributed by atoms with van der Waals surface area (Å²) in [5.41, 5.74) is 1.38. The van der Waals surface area contributed by atoms with Gasteiger partial charge in [-0.3, -0.25) is 4.79 Å². The van der Waals surface area contributed by atoms with Crippen LogP contribution in [0.3, 0.4) is 0 Å². The highest BCUT2D eigenvalue weighted by Crippen LogP contribution is 2.31. The minimum atomic E-state index is -0.453. The Kier molecular flexibility index (Phi) is 10.5. The molecule has 228 valence electrons. The number of aliphatic hydroxyl groups is 1. The predicted octanol–water partition coefficient (Wildman–Crippen LogP) is 4.53. The Labute approximate surface area is 247 Å². The maximum atomic E-state index is 13.7. The third kappa shape index (κ3) is 7.84. The number of amides is 5. The fraction of sp³-hybridized carbons (Fsp3) is 0.516. The van der Waals surface area contributed by atoms with Crippen LogP contribution in [0.25, 0.3) is 0 Å². The van der Waals surface area contributed by atoms with Gasteiger partial charge in [0.15, 0.2) is 0 Å². The van der Waals surface area contributed by atoms with E-state index >= 15 is 0 Å². The second kappa shape index (κ2) is 14.3. The number of carbonyl (C=O) groups excluding carboxylic acids is 3.